The first kappa shape index (κ1) is 23.4. The Morgan fingerprint density at radius 1 is 1.19 bits per heavy atom. The molecular formula is C22H22Cl2N6O2. The third-order valence-electron chi connectivity index (χ3n) is 5.33. The fourth-order valence-corrected chi connectivity index (χ4v) is 3.92. The van der Waals surface area contributed by atoms with Crippen molar-refractivity contribution < 1.29 is 9.94 Å². The zero-order valence-corrected chi connectivity index (χ0v) is 18.9. The molecule has 0 amide bonds. The second-order valence-corrected chi connectivity index (χ2v) is 7.60. The summed E-state index contributed by atoms with van der Waals surface area (Å²) < 4.78 is 5.20. The molecule has 1 aliphatic heterocycles. The van der Waals surface area contributed by atoms with Gasteiger partial charge < -0.3 is 20.2 Å². The van der Waals surface area contributed by atoms with Gasteiger partial charge in [-0.15, -0.1) is 22.6 Å². The lowest BCUT2D eigenvalue weighted by molar-refractivity contribution is 0.315. The summed E-state index contributed by atoms with van der Waals surface area (Å²) >= 11 is 6.23. The maximum atomic E-state index is 9.00. The van der Waals surface area contributed by atoms with Crippen LogP contribution in [0.15, 0.2) is 41.6 Å². The number of halogens is 2. The van der Waals surface area contributed by atoms with E-state index in [1.54, 1.807) is 13.2 Å². The van der Waals surface area contributed by atoms with E-state index >= 15 is 0 Å². The molecule has 2 aromatic carbocycles. The van der Waals surface area contributed by atoms with E-state index in [1.807, 2.05) is 30.3 Å². The molecule has 1 aromatic heterocycles. The molecule has 0 unspecified atom stereocenters. The van der Waals surface area contributed by atoms with Crippen molar-refractivity contribution in [3.8, 4) is 5.75 Å². The summed E-state index contributed by atoms with van der Waals surface area (Å²) in [5, 5.41) is 26.9. The quantitative estimate of drug-likeness (QED) is 0.297. The first-order valence-electron chi connectivity index (χ1n) is 9.82. The Balaban J connectivity index is 0.00000289. The summed E-state index contributed by atoms with van der Waals surface area (Å²) in [4.78, 5) is 5.69. The number of aromatic nitrogens is 2. The van der Waals surface area contributed by atoms with Crippen LogP contribution in [0.25, 0.3) is 15.6 Å². The van der Waals surface area contributed by atoms with Crippen molar-refractivity contribution in [2.75, 3.05) is 30.4 Å². The summed E-state index contributed by atoms with van der Waals surface area (Å²) in [7, 11) is 1.58. The van der Waals surface area contributed by atoms with Crippen LogP contribution in [0.5, 0.6) is 5.75 Å². The largest absolute Gasteiger partial charge is 0.495 e. The highest BCUT2D eigenvalue weighted by atomic mass is 35.5. The smallest absolute Gasteiger partial charge is 0.188 e. The summed E-state index contributed by atoms with van der Waals surface area (Å²) in [5.74, 6) is 1.99. The first-order chi connectivity index (χ1) is 15.1. The third kappa shape index (κ3) is 4.79. The Labute approximate surface area is 197 Å². The van der Waals surface area contributed by atoms with Crippen LogP contribution in [0.2, 0.25) is 5.02 Å². The van der Waals surface area contributed by atoms with Gasteiger partial charge >= 0.3 is 0 Å². The van der Waals surface area contributed by atoms with E-state index in [0.29, 0.717) is 54.8 Å². The number of rotatable bonds is 5. The Kier molecular flexibility index (Phi) is 7.57. The van der Waals surface area contributed by atoms with Crippen LogP contribution in [-0.2, 0) is 6.54 Å². The van der Waals surface area contributed by atoms with Crippen molar-refractivity contribution in [2.45, 2.75) is 19.4 Å². The van der Waals surface area contributed by atoms with Crippen molar-refractivity contribution in [3.63, 3.8) is 0 Å². The van der Waals surface area contributed by atoms with Crippen molar-refractivity contribution >= 4 is 57.8 Å². The highest BCUT2D eigenvalue weighted by molar-refractivity contribution is 6.32. The van der Waals surface area contributed by atoms with Crippen LogP contribution in [0, 0.1) is 6.57 Å². The number of anilines is 2. The van der Waals surface area contributed by atoms with E-state index in [2.05, 4.69) is 30.4 Å². The third-order valence-corrected chi connectivity index (χ3v) is 5.63. The van der Waals surface area contributed by atoms with Crippen LogP contribution in [0.1, 0.15) is 18.4 Å². The number of benzene rings is 2. The number of methoxy groups -OCH3 is 1. The molecular weight excluding hydrogens is 451 g/mol. The van der Waals surface area contributed by atoms with Crippen molar-refractivity contribution in [2.24, 2.45) is 5.16 Å². The average molecular weight is 473 g/mol. The van der Waals surface area contributed by atoms with Gasteiger partial charge in [0.2, 0.25) is 0 Å². The van der Waals surface area contributed by atoms with E-state index < -0.39 is 0 Å². The fourth-order valence-electron chi connectivity index (χ4n) is 3.64. The van der Waals surface area contributed by atoms with Gasteiger partial charge in [-0.1, -0.05) is 35.0 Å². The monoisotopic (exact) mass is 472 g/mol. The SMILES string of the molecule is Cl.[C-]#[N+]c1ccc2c(N3CCC(=NO)CC3)nnc(NCc3ccc(OC)c(Cl)c3)c2c1. The second-order valence-electron chi connectivity index (χ2n) is 7.19. The van der Waals surface area contributed by atoms with Gasteiger partial charge in [0, 0.05) is 43.2 Å². The number of nitrogens with one attached hydrogen (secondary N) is 1. The summed E-state index contributed by atoms with van der Waals surface area (Å²) in [5.41, 5.74) is 2.30. The number of piperidine rings is 1. The van der Waals surface area contributed by atoms with Crippen LogP contribution >= 0.6 is 24.0 Å². The lowest BCUT2D eigenvalue weighted by Gasteiger charge is -2.29. The molecule has 4 rings (SSSR count). The number of nitrogens with zero attached hydrogens (tertiary/aromatic N) is 5. The molecule has 2 N–H and O–H groups in total. The molecule has 10 heteroatoms. The highest BCUT2D eigenvalue weighted by Crippen LogP contribution is 2.33. The average Bonchev–Trinajstić information content (AvgIpc) is 2.82. The number of ether oxygens (including phenoxy) is 1. The van der Waals surface area contributed by atoms with Crippen LogP contribution in [0.4, 0.5) is 17.3 Å². The minimum Gasteiger partial charge on any atom is -0.495 e. The highest BCUT2D eigenvalue weighted by Gasteiger charge is 2.20. The molecule has 166 valence electrons. The van der Waals surface area contributed by atoms with E-state index in [9.17, 15) is 0 Å². The minimum atomic E-state index is 0. The van der Waals surface area contributed by atoms with Gasteiger partial charge in [-0.2, -0.15) is 0 Å². The van der Waals surface area contributed by atoms with Crippen LogP contribution in [0.3, 0.4) is 0 Å². The summed E-state index contributed by atoms with van der Waals surface area (Å²) in [6.07, 6.45) is 1.36. The van der Waals surface area contributed by atoms with E-state index in [1.165, 1.54) is 0 Å². The van der Waals surface area contributed by atoms with Gasteiger partial charge in [-0.3, -0.25) is 0 Å². The lowest BCUT2D eigenvalue weighted by atomic mass is 10.1. The Morgan fingerprint density at radius 2 is 1.97 bits per heavy atom. The van der Waals surface area contributed by atoms with Gasteiger partial charge in [-0.05, 0) is 23.8 Å². The fraction of sp³-hybridized carbons (Fsp3) is 0.273. The number of oxime groups is 1. The number of fused-ring (bicyclic) bond motifs is 1. The zero-order chi connectivity index (χ0) is 21.8. The normalized spacial score (nSPS) is 13.3. The Morgan fingerprint density at radius 3 is 2.62 bits per heavy atom. The Hall–Kier alpha value is -3.28. The van der Waals surface area contributed by atoms with Gasteiger partial charge in [0.25, 0.3) is 0 Å². The predicted octanol–water partition coefficient (Wildman–Crippen LogP) is 5.31. The van der Waals surface area contributed by atoms with E-state index in [4.69, 9.17) is 28.1 Å². The van der Waals surface area contributed by atoms with Crippen molar-refractivity contribution in [3.05, 3.63) is 58.4 Å². The molecule has 1 saturated heterocycles. The summed E-state index contributed by atoms with van der Waals surface area (Å²) in [6.45, 7) is 9.27. The molecule has 0 spiro atoms. The molecule has 0 radical (unpaired) electrons. The predicted molar refractivity (Wildman–Crippen MR) is 129 cm³/mol. The first-order valence-corrected chi connectivity index (χ1v) is 10.2. The van der Waals surface area contributed by atoms with Gasteiger partial charge in [0.1, 0.15) is 5.75 Å². The molecule has 1 aliphatic rings. The molecule has 0 saturated carbocycles. The van der Waals surface area contributed by atoms with Gasteiger partial charge in [-0.25, -0.2) is 4.85 Å². The molecule has 2 heterocycles. The molecule has 0 atom stereocenters. The molecule has 0 aliphatic carbocycles. The van der Waals surface area contributed by atoms with Crippen molar-refractivity contribution in [1.29, 1.82) is 0 Å². The molecule has 3 aromatic rings. The standard InChI is InChI=1S/C22H21ClN6O2.ClH/c1-24-16-4-5-17-18(12-16)21(25-13-14-3-6-20(31-2)19(23)11-14)26-27-22(17)29-9-7-15(28-30)8-10-29;/h3-6,11-12,30H,7-10,13H2,2H3,(H,25,26);1H. The van der Waals surface area contributed by atoms with Gasteiger partial charge in [0.15, 0.2) is 17.3 Å². The maximum absolute atomic E-state index is 9.00. The van der Waals surface area contributed by atoms with Crippen molar-refractivity contribution in [1.82, 2.24) is 10.2 Å². The zero-order valence-electron chi connectivity index (χ0n) is 17.4. The van der Waals surface area contributed by atoms with Crippen LogP contribution < -0.4 is 15.0 Å². The lowest BCUT2D eigenvalue weighted by Crippen LogP contribution is -2.34. The topological polar surface area (TPSA) is 87.2 Å². The minimum absolute atomic E-state index is 0. The second kappa shape index (κ2) is 10.4. The summed E-state index contributed by atoms with van der Waals surface area (Å²) in [6, 6.07) is 11.1. The van der Waals surface area contributed by atoms with Crippen LogP contribution in [-0.4, -0.2) is 41.3 Å². The van der Waals surface area contributed by atoms with E-state index in [-0.39, 0.29) is 12.4 Å². The molecule has 0 bridgehead atoms. The number of hydrogen-bond donors (Lipinski definition) is 2. The number of hydrogen-bond acceptors (Lipinski definition) is 7. The van der Waals surface area contributed by atoms with E-state index in [0.717, 1.165) is 27.9 Å². The molecule has 32 heavy (non-hydrogen) atoms. The maximum Gasteiger partial charge on any atom is 0.188 e. The van der Waals surface area contributed by atoms with Gasteiger partial charge in [0.05, 0.1) is 24.4 Å². The Bertz CT molecular complexity index is 1180. The molecule has 1 fully saturated rings. The molecule has 8 nitrogen and oxygen atoms in total.